The van der Waals surface area contributed by atoms with Crippen molar-refractivity contribution in [2.75, 3.05) is 0 Å². The molecule has 0 fully saturated rings. The molecule has 1 aromatic heterocycles. The molecular formula is C12H8F3NO2S. The van der Waals surface area contributed by atoms with Crippen LogP contribution in [0.2, 0.25) is 0 Å². The van der Waals surface area contributed by atoms with Crippen molar-refractivity contribution in [3.63, 3.8) is 0 Å². The van der Waals surface area contributed by atoms with Gasteiger partial charge in [-0.05, 0) is 25.1 Å². The van der Waals surface area contributed by atoms with Crippen LogP contribution >= 0.6 is 11.3 Å². The number of alkyl halides is 2. The Balaban J connectivity index is 2.52. The van der Waals surface area contributed by atoms with Crippen LogP contribution in [0.3, 0.4) is 0 Å². The second-order valence-corrected chi connectivity index (χ2v) is 4.64. The fourth-order valence-corrected chi connectivity index (χ4v) is 2.40. The molecule has 100 valence electrons. The van der Waals surface area contributed by atoms with Crippen molar-refractivity contribution < 1.29 is 22.7 Å². The van der Waals surface area contributed by atoms with Crippen LogP contribution in [0.4, 0.5) is 13.2 Å². The van der Waals surface area contributed by atoms with Crippen molar-refractivity contribution in [3.05, 3.63) is 34.6 Å². The Morgan fingerprint density at radius 2 is 2.16 bits per heavy atom. The molecule has 0 unspecified atom stereocenters. The molecule has 2 rings (SSSR count). The molecule has 0 saturated carbocycles. The molecule has 0 aliphatic heterocycles. The summed E-state index contributed by atoms with van der Waals surface area (Å²) in [4.78, 5) is 15.2. The van der Waals surface area contributed by atoms with Crippen molar-refractivity contribution in [2.24, 2.45) is 0 Å². The molecule has 7 heteroatoms. The number of halogens is 3. The summed E-state index contributed by atoms with van der Waals surface area (Å²) >= 11 is 0.992. The second-order valence-electron chi connectivity index (χ2n) is 3.61. The van der Waals surface area contributed by atoms with Gasteiger partial charge in [0.15, 0.2) is 6.29 Å². The van der Waals surface area contributed by atoms with Crippen molar-refractivity contribution >= 4 is 17.6 Å². The van der Waals surface area contributed by atoms with Crippen LogP contribution in [0.1, 0.15) is 15.4 Å². The summed E-state index contributed by atoms with van der Waals surface area (Å²) in [7, 11) is 0. The fourth-order valence-electron chi connectivity index (χ4n) is 1.50. The standard InChI is InChI=1S/C12H8F3NO2S/c1-6-10(5-17)19-11(16-6)8-4-7(13)2-3-9(8)18-12(14)15/h2-5,12H,1H3. The zero-order valence-corrected chi connectivity index (χ0v) is 10.5. The van der Waals surface area contributed by atoms with Crippen LogP contribution in [0.25, 0.3) is 10.6 Å². The molecule has 0 bridgehead atoms. The highest BCUT2D eigenvalue weighted by Crippen LogP contribution is 2.35. The number of aromatic nitrogens is 1. The molecule has 0 aliphatic carbocycles. The molecule has 0 spiro atoms. The number of hydrogen-bond donors (Lipinski definition) is 0. The summed E-state index contributed by atoms with van der Waals surface area (Å²) in [6.45, 7) is -1.41. The number of benzene rings is 1. The summed E-state index contributed by atoms with van der Waals surface area (Å²) in [6, 6.07) is 3.17. The lowest BCUT2D eigenvalue weighted by molar-refractivity contribution is -0.0494. The maximum atomic E-state index is 13.2. The Morgan fingerprint density at radius 1 is 1.42 bits per heavy atom. The number of thiazole rings is 1. The number of nitrogens with zero attached hydrogens (tertiary/aromatic N) is 1. The minimum absolute atomic E-state index is 0.0986. The molecule has 3 nitrogen and oxygen atoms in total. The number of carbonyl (C=O) groups is 1. The Bertz CT molecular complexity index is 613. The summed E-state index contributed by atoms with van der Waals surface area (Å²) in [5.74, 6) is -0.778. The van der Waals surface area contributed by atoms with Gasteiger partial charge in [0.25, 0.3) is 0 Å². The minimum atomic E-state index is -3.02. The largest absolute Gasteiger partial charge is 0.434 e. The molecule has 0 saturated heterocycles. The smallest absolute Gasteiger partial charge is 0.387 e. The molecule has 1 aromatic carbocycles. The van der Waals surface area contributed by atoms with Gasteiger partial charge < -0.3 is 4.74 Å². The molecule has 0 amide bonds. The Kier molecular flexibility index (Phi) is 3.84. The first kappa shape index (κ1) is 13.5. The van der Waals surface area contributed by atoms with E-state index in [1.807, 2.05) is 0 Å². The zero-order chi connectivity index (χ0) is 14.0. The number of carbonyl (C=O) groups excluding carboxylic acids is 1. The Morgan fingerprint density at radius 3 is 2.74 bits per heavy atom. The predicted molar refractivity (Wildman–Crippen MR) is 64.3 cm³/mol. The normalized spacial score (nSPS) is 10.8. The van der Waals surface area contributed by atoms with Crippen LogP contribution in [-0.4, -0.2) is 17.9 Å². The summed E-state index contributed by atoms with van der Waals surface area (Å²) in [5, 5.41) is 0.259. The van der Waals surface area contributed by atoms with Gasteiger partial charge in [-0.2, -0.15) is 8.78 Å². The average molecular weight is 287 g/mol. The first-order valence-electron chi connectivity index (χ1n) is 5.18. The van der Waals surface area contributed by atoms with Crippen LogP contribution in [0.5, 0.6) is 5.75 Å². The van der Waals surface area contributed by atoms with Gasteiger partial charge in [-0.15, -0.1) is 11.3 Å². The zero-order valence-electron chi connectivity index (χ0n) is 9.69. The number of hydrogen-bond acceptors (Lipinski definition) is 4. The quantitative estimate of drug-likeness (QED) is 0.805. The SMILES string of the molecule is Cc1nc(-c2cc(F)ccc2OC(F)F)sc1C=O. The van der Waals surface area contributed by atoms with E-state index in [1.54, 1.807) is 6.92 Å². The van der Waals surface area contributed by atoms with Crippen LogP contribution in [0, 0.1) is 12.7 Å². The van der Waals surface area contributed by atoms with Gasteiger partial charge in [-0.3, -0.25) is 4.79 Å². The van der Waals surface area contributed by atoms with E-state index in [4.69, 9.17) is 0 Å². The van der Waals surface area contributed by atoms with E-state index < -0.39 is 12.4 Å². The number of aldehydes is 1. The van der Waals surface area contributed by atoms with Gasteiger partial charge in [-0.1, -0.05) is 0 Å². The van der Waals surface area contributed by atoms with E-state index in [1.165, 1.54) is 0 Å². The molecule has 0 aliphatic rings. The minimum Gasteiger partial charge on any atom is -0.434 e. The highest BCUT2D eigenvalue weighted by Gasteiger charge is 2.16. The lowest BCUT2D eigenvalue weighted by atomic mass is 10.2. The van der Waals surface area contributed by atoms with Gasteiger partial charge in [0.2, 0.25) is 0 Å². The third-order valence-corrected chi connectivity index (χ3v) is 3.44. The van der Waals surface area contributed by atoms with Gasteiger partial charge in [0.1, 0.15) is 16.6 Å². The monoisotopic (exact) mass is 287 g/mol. The van der Waals surface area contributed by atoms with Crippen molar-refractivity contribution in [2.45, 2.75) is 13.5 Å². The Labute approximate surface area is 110 Å². The lowest BCUT2D eigenvalue weighted by Crippen LogP contribution is -2.03. The van der Waals surface area contributed by atoms with Gasteiger partial charge in [-0.25, -0.2) is 9.37 Å². The highest BCUT2D eigenvalue weighted by molar-refractivity contribution is 7.16. The number of ether oxygens (including phenoxy) is 1. The third kappa shape index (κ3) is 2.93. The highest BCUT2D eigenvalue weighted by atomic mass is 32.1. The topological polar surface area (TPSA) is 39.2 Å². The van der Waals surface area contributed by atoms with E-state index >= 15 is 0 Å². The predicted octanol–water partition coefficient (Wildman–Crippen LogP) is 3.67. The summed E-state index contributed by atoms with van der Waals surface area (Å²) < 4.78 is 42.1. The van der Waals surface area contributed by atoms with Crippen LogP contribution in [0.15, 0.2) is 18.2 Å². The van der Waals surface area contributed by atoms with Crippen LogP contribution < -0.4 is 4.74 Å². The third-order valence-electron chi connectivity index (χ3n) is 2.33. The van der Waals surface area contributed by atoms with E-state index in [0.717, 1.165) is 29.5 Å². The van der Waals surface area contributed by atoms with E-state index in [9.17, 15) is 18.0 Å². The second kappa shape index (κ2) is 5.40. The molecule has 1 heterocycles. The van der Waals surface area contributed by atoms with Crippen molar-refractivity contribution in [1.82, 2.24) is 4.98 Å². The van der Waals surface area contributed by atoms with Gasteiger partial charge in [0.05, 0.1) is 16.1 Å². The van der Waals surface area contributed by atoms with E-state index in [-0.39, 0.29) is 16.3 Å². The fraction of sp³-hybridized carbons (Fsp3) is 0.167. The van der Waals surface area contributed by atoms with Gasteiger partial charge in [0, 0.05) is 0 Å². The molecule has 0 radical (unpaired) electrons. The molecule has 2 aromatic rings. The van der Waals surface area contributed by atoms with Crippen molar-refractivity contribution in [1.29, 1.82) is 0 Å². The first-order valence-corrected chi connectivity index (χ1v) is 6.00. The molecule has 19 heavy (non-hydrogen) atoms. The Hall–Kier alpha value is -1.89. The average Bonchev–Trinajstić information content (AvgIpc) is 2.72. The summed E-state index contributed by atoms with van der Waals surface area (Å²) in [6.07, 6.45) is 0.615. The molecular weight excluding hydrogens is 279 g/mol. The first-order chi connectivity index (χ1) is 9.01. The maximum Gasteiger partial charge on any atom is 0.387 e. The molecule has 0 atom stereocenters. The summed E-state index contributed by atoms with van der Waals surface area (Å²) in [5.41, 5.74) is 0.559. The lowest BCUT2D eigenvalue weighted by Gasteiger charge is -2.08. The molecule has 0 N–H and O–H groups in total. The number of rotatable bonds is 4. The van der Waals surface area contributed by atoms with Crippen LogP contribution in [-0.2, 0) is 0 Å². The maximum absolute atomic E-state index is 13.2. The van der Waals surface area contributed by atoms with Crippen molar-refractivity contribution in [3.8, 4) is 16.3 Å². The van der Waals surface area contributed by atoms with E-state index in [2.05, 4.69) is 9.72 Å². The van der Waals surface area contributed by atoms with E-state index in [0.29, 0.717) is 16.9 Å². The van der Waals surface area contributed by atoms with Gasteiger partial charge >= 0.3 is 6.61 Å². The number of aryl methyl sites for hydroxylation is 1.